The lowest BCUT2D eigenvalue weighted by atomic mass is 10.0. The van der Waals surface area contributed by atoms with Gasteiger partial charge in [-0.3, -0.25) is 9.59 Å². The van der Waals surface area contributed by atoms with Crippen molar-refractivity contribution in [3.05, 3.63) is 35.9 Å². The van der Waals surface area contributed by atoms with Gasteiger partial charge in [0.15, 0.2) is 14.1 Å². The van der Waals surface area contributed by atoms with E-state index in [-0.39, 0.29) is 41.7 Å². The molecule has 1 aromatic rings. The second kappa shape index (κ2) is 8.67. The molecule has 1 aliphatic rings. The van der Waals surface area contributed by atoms with Crippen LogP contribution in [0, 0.1) is 0 Å². The number of hydrogen-bond donors (Lipinski definition) is 0. The van der Waals surface area contributed by atoms with Crippen molar-refractivity contribution in [3.8, 4) is 0 Å². The van der Waals surface area contributed by atoms with Gasteiger partial charge in [0, 0.05) is 25.3 Å². The summed E-state index contributed by atoms with van der Waals surface area (Å²) in [7, 11) is -2.01. The molecule has 0 bridgehead atoms. The minimum absolute atomic E-state index is 0.0554. The third-order valence-electron chi connectivity index (χ3n) is 5.49. The Kier molecular flexibility index (Phi) is 7.00. The molecule has 0 saturated carbocycles. The van der Waals surface area contributed by atoms with E-state index in [1.807, 2.05) is 30.3 Å². The highest BCUT2D eigenvalue weighted by Gasteiger charge is 2.45. The molecule has 6 heteroatoms. The average molecular weight is 393 g/mol. The Morgan fingerprint density at radius 2 is 1.81 bits per heavy atom. The molecule has 150 valence electrons. The molecule has 1 heterocycles. The zero-order chi connectivity index (χ0) is 20.2. The van der Waals surface area contributed by atoms with Crippen LogP contribution in [0.3, 0.4) is 0 Å². The Hall–Kier alpha value is -1.50. The molecule has 1 aromatic carbocycles. The molecule has 1 aliphatic heterocycles. The fourth-order valence-corrected chi connectivity index (χ4v) is 4.27. The van der Waals surface area contributed by atoms with Crippen molar-refractivity contribution in [1.82, 2.24) is 0 Å². The van der Waals surface area contributed by atoms with Crippen molar-refractivity contribution in [3.63, 3.8) is 0 Å². The maximum Gasteiger partial charge on any atom is 0.302 e. The first-order chi connectivity index (χ1) is 12.5. The van der Waals surface area contributed by atoms with E-state index < -0.39 is 8.32 Å². The van der Waals surface area contributed by atoms with Gasteiger partial charge in [-0.05, 0) is 18.1 Å². The van der Waals surface area contributed by atoms with Gasteiger partial charge in [-0.1, -0.05) is 51.1 Å². The van der Waals surface area contributed by atoms with Crippen LogP contribution >= 0.6 is 0 Å². The van der Waals surface area contributed by atoms with Gasteiger partial charge in [-0.2, -0.15) is 0 Å². The van der Waals surface area contributed by atoms with Crippen LogP contribution in [-0.4, -0.2) is 45.0 Å². The van der Waals surface area contributed by atoms with Gasteiger partial charge in [0.2, 0.25) is 0 Å². The Morgan fingerprint density at radius 1 is 1.19 bits per heavy atom. The van der Waals surface area contributed by atoms with E-state index in [0.717, 1.165) is 0 Å². The summed E-state index contributed by atoms with van der Waals surface area (Å²) in [5.74, 6) is -0.284. The van der Waals surface area contributed by atoms with Crippen LogP contribution in [0.1, 0.15) is 50.9 Å². The fraction of sp³-hybridized carbons (Fsp3) is 0.619. The second-order valence-corrected chi connectivity index (χ2v) is 13.5. The van der Waals surface area contributed by atoms with Crippen LogP contribution in [0.5, 0.6) is 0 Å². The molecule has 0 N–H and O–H groups in total. The summed E-state index contributed by atoms with van der Waals surface area (Å²) in [6.07, 6.45) is 0.207. The van der Waals surface area contributed by atoms with E-state index in [0.29, 0.717) is 18.4 Å². The molecule has 0 radical (unpaired) electrons. The van der Waals surface area contributed by atoms with Gasteiger partial charge >= 0.3 is 5.97 Å². The summed E-state index contributed by atoms with van der Waals surface area (Å²) < 4.78 is 17.8. The predicted molar refractivity (Wildman–Crippen MR) is 107 cm³/mol. The topological polar surface area (TPSA) is 61.8 Å². The number of rotatable bonds is 7. The number of ketones is 1. The van der Waals surface area contributed by atoms with Crippen molar-refractivity contribution in [2.45, 2.75) is 77.0 Å². The molecular weight excluding hydrogens is 360 g/mol. The number of hydrogen-bond acceptors (Lipinski definition) is 5. The highest BCUT2D eigenvalue weighted by Crippen LogP contribution is 2.40. The molecule has 1 fully saturated rings. The molecule has 0 aliphatic carbocycles. The van der Waals surface area contributed by atoms with Crippen LogP contribution in [0.15, 0.2) is 30.3 Å². The van der Waals surface area contributed by atoms with Crippen LogP contribution in [0.25, 0.3) is 0 Å². The molecule has 0 amide bonds. The smallest absolute Gasteiger partial charge is 0.302 e. The summed E-state index contributed by atoms with van der Waals surface area (Å²) >= 11 is 0. The second-order valence-electron chi connectivity index (χ2n) is 8.74. The molecule has 0 unspecified atom stereocenters. The Bertz CT molecular complexity index is 650. The highest BCUT2D eigenvalue weighted by molar-refractivity contribution is 6.74. The molecule has 0 aromatic heterocycles. The largest absolute Gasteiger partial charge is 0.463 e. The number of carbonyl (C=O) groups excluding carboxylic acids is 2. The van der Waals surface area contributed by atoms with E-state index in [1.54, 1.807) is 0 Å². The Balaban J connectivity index is 2.07. The van der Waals surface area contributed by atoms with Gasteiger partial charge in [0.05, 0.1) is 12.2 Å². The lowest BCUT2D eigenvalue weighted by Gasteiger charge is -2.39. The lowest BCUT2D eigenvalue weighted by Crippen LogP contribution is -2.46. The normalized spacial score (nSPS) is 23.3. The van der Waals surface area contributed by atoms with E-state index in [9.17, 15) is 9.59 Å². The van der Waals surface area contributed by atoms with Crippen LogP contribution < -0.4 is 0 Å². The summed E-state index contributed by atoms with van der Waals surface area (Å²) in [5.41, 5.74) is 0.686. The van der Waals surface area contributed by atoms with E-state index in [2.05, 4.69) is 33.9 Å². The maximum atomic E-state index is 12.5. The predicted octanol–water partition coefficient (Wildman–Crippen LogP) is 4.37. The number of carbonyl (C=O) groups is 2. The average Bonchev–Trinajstić information content (AvgIpc) is 2.93. The standard InChI is InChI=1S/C21H32O5Si/c1-15(22)24-14-20-19(26-27(5,6)21(2,3)4)13-17(25-20)12-18(23)16-10-8-7-9-11-16/h7-11,17,19-20H,12-14H2,1-6H3/t17-,19-,20+/m0/s1. The van der Waals surface area contributed by atoms with Gasteiger partial charge in [-0.25, -0.2) is 0 Å². The molecule has 3 atom stereocenters. The minimum atomic E-state index is -2.01. The minimum Gasteiger partial charge on any atom is -0.463 e. The molecule has 5 nitrogen and oxygen atoms in total. The van der Waals surface area contributed by atoms with Crippen molar-refractivity contribution in [2.75, 3.05) is 6.61 Å². The highest BCUT2D eigenvalue weighted by atomic mass is 28.4. The maximum absolute atomic E-state index is 12.5. The summed E-state index contributed by atoms with van der Waals surface area (Å²) in [4.78, 5) is 23.8. The monoisotopic (exact) mass is 392 g/mol. The zero-order valence-electron chi connectivity index (χ0n) is 17.3. The van der Waals surface area contributed by atoms with Crippen molar-refractivity contribution in [1.29, 1.82) is 0 Å². The van der Waals surface area contributed by atoms with Crippen molar-refractivity contribution >= 4 is 20.1 Å². The molecule has 0 spiro atoms. The summed E-state index contributed by atoms with van der Waals surface area (Å²) in [6, 6.07) is 9.24. The Morgan fingerprint density at radius 3 is 2.37 bits per heavy atom. The first-order valence-electron chi connectivity index (χ1n) is 9.54. The number of ether oxygens (including phenoxy) is 2. The van der Waals surface area contributed by atoms with Crippen LogP contribution in [-0.2, 0) is 18.7 Å². The first-order valence-corrected chi connectivity index (χ1v) is 12.5. The number of esters is 1. The van der Waals surface area contributed by atoms with Crippen LogP contribution in [0.2, 0.25) is 18.1 Å². The van der Waals surface area contributed by atoms with Crippen LogP contribution in [0.4, 0.5) is 0 Å². The summed E-state index contributed by atoms with van der Waals surface area (Å²) in [5, 5.41) is 0.0664. The molecular formula is C21H32O5Si. The first kappa shape index (κ1) is 21.8. The van der Waals surface area contributed by atoms with E-state index in [1.165, 1.54) is 6.92 Å². The SMILES string of the molecule is CC(=O)OC[C@H]1O[C@@H](CC(=O)c2ccccc2)C[C@@H]1O[Si](C)(C)C(C)(C)C. The van der Waals surface area contributed by atoms with E-state index >= 15 is 0 Å². The zero-order valence-corrected chi connectivity index (χ0v) is 18.3. The molecule has 27 heavy (non-hydrogen) atoms. The number of benzene rings is 1. The summed E-state index contributed by atoms with van der Waals surface area (Å²) in [6.45, 7) is 12.5. The molecule has 2 rings (SSSR count). The van der Waals surface area contributed by atoms with Gasteiger partial charge in [0.1, 0.15) is 12.7 Å². The fourth-order valence-electron chi connectivity index (χ4n) is 2.91. The third-order valence-corrected chi connectivity index (χ3v) is 9.99. The third kappa shape index (κ3) is 5.99. The quantitative estimate of drug-likeness (QED) is 0.392. The van der Waals surface area contributed by atoms with Crippen molar-refractivity contribution in [2.24, 2.45) is 0 Å². The number of Topliss-reactive ketones (excluding diaryl/α,β-unsaturated/α-hetero) is 1. The van der Waals surface area contributed by atoms with Gasteiger partial charge < -0.3 is 13.9 Å². The van der Waals surface area contributed by atoms with Gasteiger partial charge in [0.25, 0.3) is 0 Å². The van der Waals surface area contributed by atoms with E-state index in [4.69, 9.17) is 13.9 Å². The Labute approximate surface area is 163 Å². The lowest BCUT2D eigenvalue weighted by molar-refractivity contribution is -0.146. The molecule has 1 saturated heterocycles. The van der Waals surface area contributed by atoms with Crippen molar-refractivity contribution < 1.29 is 23.5 Å². The van der Waals surface area contributed by atoms with Gasteiger partial charge in [-0.15, -0.1) is 0 Å².